The van der Waals surface area contributed by atoms with Crippen molar-refractivity contribution in [2.24, 2.45) is 4.99 Å². The number of hydrogen-bond donors (Lipinski definition) is 2. The van der Waals surface area contributed by atoms with Crippen molar-refractivity contribution in [3.8, 4) is 0 Å². The van der Waals surface area contributed by atoms with Gasteiger partial charge in [-0.05, 0) is 17.7 Å². The van der Waals surface area contributed by atoms with Crippen LogP contribution in [0.4, 0.5) is 0 Å². The maximum absolute atomic E-state index is 4.44. The fourth-order valence-corrected chi connectivity index (χ4v) is 3.41. The minimum atomic E-state index is 0.695. The fraction of sp³-hybridized carbons (Fsp3) is 0.238. The van der Waals surface area contributed by atoms with E-state index in [4.69, 9.17) is 0 Å². The molecule has 0 bridgehead atoms. The van der Waals surface area contributed by atoms with Crippen molar-refractivity contribution in [1.82, 2.24) is 20.4 Å². The number of nitrogens with one attached hydrogen (secondary N) is 2. The third-order valence-electron chi connectivity index (χ3n) is 3.96. The molecular formula is C21H25N5S. The zero-order valence-electron chi connectivity index (χ0n) is 15.5. The Morgan fingerprint density at radius 3 is 2.48 bits per heavy atom. The Kier molecular flexibility index (Phi) is 7.35. The van der Waals surface area contributed by atoms with E-state index in [1.807, 2.05) is 46.9 Å². The highest BCUT2D eigenvalue weighted by molar-refractivity contribution is 7.99. The second-order valence-corrected chi connectivity index (χ2v) is 7.21. The Morgan fingerprint density at radius 2 is 1.74 bits per heavy atom. The molecule has 27 heavy (non-hydrogen) atoms. The summed E-state index contributed by atoms with van der Waals surface area (Å²) in [6.07, 6.45) is 3.97. The largest absolute Gasteiger partial charge is 0.356 e. The zero-order valence-corrected chi connectivity index (χ0v) is 16.3. The number of benzene rings is 2. The molecule has 0 aliphatic rings. The number of thioether (sulfide) groups is 1. The van der Waals surface area contributed by atoms with Crippen LogP contribution in [0.15, 0.2) is 82.9 Å². The quantitative estimate of drug-likeness (QED) is 0.273. The van der Waals surface area contributed by atoms with Crippen molar-refractivity contribution in [2.45, 2.75) is 18.0 Å². The van der Waals surface area contributed by atoms with Crippen LogP contribution in [0.2, 0.25) is 0 Å². The number of nitrogens with zero attached hydrogens (tertiary/aromatic N) is 3. The van der Waals surface area contributed by atoms with Crippen LogP contribution in [0.1, 0.15) is 11.1 Å². The summed E-state index contributed by atoms with van der Waals surface area (Å²) in [4.78, 5) is 5.57. The van der Waals surface area contributed by atoms with Crippen molar-refractivity contribution in [3.05, 3.63) is 84.2 Å². The highest BCUT2D eigenvalue weighted by Crippen LogP contribution is 2.15. The number of hydrogen-bond acceptors (Lipinski definition) is 3. The van der Waals surface area contributed by atoms with Gasteiger partial charge in [0.1, 0.15) is 0 Å². The Hall–Kier alpha value is -2.73. The monoisotopic (exact) mass is 379 g/mol. The zero-order chi connectivity index (χ0) is 18.7. The number of rotatable bonds is 8. The van der Waals surface area contributed by atoms with E-state index in [0.29, 0.717) is 6.54 Å². The highest BCUT2D eigenvalue weighted by Gasteiger charge is 2.02. The number of guanidine groups is 1. The molecule has 3 rings (SSSR count). The Morgan fingerprint density at radius 1 is 1.00 bits per heavy atom. The first kappa shape index (κ1) is 19.0. The lowest BCUT2D eigenvalue weighted by atomic mass is 10.2. The summed E-state index contributed by atoms with van der Waals surface area (Å²) in [7, 11) is 1.79. The second kappa shape index (κ2) is 10.4. The molecule has 5 nitrogen and oxygen atoms in total. The third kappa shape index (κ3) is 6.49. The minimum Gasteiger partial charge on any atom is -0.356 e. The van der Waals surface area contributed by atoms with Crippen molar-refractivity contribution >= 4 is 17.7 Å². The average molecular weight is 380 g/mol. The van der Waals surface area contributed by atoms with E-state index in [9.17, 15) is 0 Å². The molecule has 140 valence electrons. The van der Waals surface area contributed by atoms with Gasteiger partial charge in [-0.25, -0.2) is 0 Å². The SMILES string of the molecule is CN=C(NCCSc1ccccc1)NCc1cnn(Cc2ccccc2)c1. The molecular weight excluding hydrogens is 354 g/mol. The predicted molar refractivity (Wildman–Crippen MR) is 113 cm³/mol. The summed E-state index contributed by atoms with van der Waals surface area (Å²) in [6, 6.07) is 20.8. The van der Waals surface area contributed by atoms with Gasteiger partial charge in [0, 0.05) is 42.5 Å². The summed E-state index contributed by atoms with van der Waals surface area (Å²) in [5, 5.41) is 11.1. The van der Waals surface area contributed by atoms with Gasteiger partial charge in [-0.3, -0.25) is 9.67 Å². The Bertz CT molecular complexity index is 830. The van der Waals surface area contributed by atoms with E-state index in [1.165, 1.54) is 10.5 Å². The van der Waals surface area contributed by atoms with Crippen LogP contribution in [0.25, 0.3) is 0 Å². The predicted octanol–water partition coefficient (Wildman–Crippen LogP) is 3.39. The molecule has 2 aromatic carbocycles. The van der Waals surface area contributed by atoms with E-state index in [-0.39, 0.29) is 0 Å². The molecule has 3 aromatic rings. The maximum Gasteiger partial charge on any atom is 0.191 e. The normalized spacial score (nSPS) is 11.4. The smallest absolute Gasteiger partial charge is 0.191 e. The molecule has 0 radical (unpaired) electrons. The molecule has 6 heteroatoms. The standard InChI is InChI=1S/C21H25N5S/c1-22-21(23-12-13-27-20-10-6-3-7-11-20)24-14-19-15-25-26(17-19)16-18-8-4-2-5-9-18/h2-11,15,17H,12-14,16H2,1H3,(H2,22,23,24). The van der Waals surface area contributed by atoms with Crippen molar-refractivity contribution in [1.29, 1.82) is 0 Å². The molecule has 0 aliphatic carbocycles. The summed E-state index contributed by atoms with van der Waals surface area (Å²) in [5.41, 5.74) is 2.38. The Labute approximate surface area is 164 Å². The molecule has 0 spiro atoms. The molecule has 0 atom stereocenters. The van der Waals surface area contributed by atoms with Gasteiger partial charge in [-0.1, -0.05) is 48.5 Å². The van der Waals surface area contributed by atoms with Gasteiger partial charge >= 0.3 is 0 Å². The van der Waals surface area contributed by atoms with Gasteiger partial charge in [0.25, 0.3) is 0 Å². The number of aromatic nitrogens is 2. The van der Waals surface area contributed by atoms with Crippen molar-refractivity contribution < 1.29 is 0 Å². The van der Waals surface area contributed by atoms with Gasteiger partial charge < -0.3 is 10.6 Å². The van der Waals surface area contributed by atoms with Crippen LogP contribution < -0.4 is 10.6 Å². The van der Waals surface area contributed by atoms with Crippen LogP contribution >= 0.6 is 11.8 Å². The number of aliphatic imine (C=N–C) groups is 1. The van der Waals surface area contributed by atoms with E-state index >= 15 is 0 Å². The van der Waals surface area contributed by atoms with E-state index in [2.05, 4.69) is 63.3 Å². The van der Waals surface area contributed by atoms with Crippen molar-refractivity contribution in [2.75, 3.05) is 19.3 Å². The molecule has 0 saturated carbocycles. The molecule has 0 amide bonds. The van der Waals surface area contributed by atoms with E-state index < -0.39 is 0 Å². The second-order valence-electron chi connectivity index (χ2n) is 6.05. The molecule has 1 aromatic heterocycles. The van der Waals surface area contributed by atoms with E-state index in [0.717, 1.165) is 30.4 Å². The van der Waals surface area contributed by atoms with Crippen LogP contribution in [0.3, 0.4) is 0 Å². The van der Waals surface area contributed by atoms with Crippen LogP contribution in [-0.2, 0) is 13.1 Å². The fourth-order valence-electron chi connectivity index (χ4n) is 2.62. The molecule has 0 unspecified atom stereocenters. The average Bonchev–Trinajstić information content (AvgIpc) is 3.16. The summed E-state index contributed by atoms with van der Waals surface area (Å²) < 4.78 is 1.96. The van der Waals surface area contributed by atoms with Gasteiger partial charge in [0.05, 0.1) is 12.7 Å². The van der Waals surface area contributed by atoms with Crippen LogP contribution in [0, 0.1) is 0 Å². The van der Waals surface area contributed by atoms with Gasteiger partial charge in [0.15, 0.2) is 5.96 Å². The van der Waals surface area contributed by atoms with Gasteiger partial charge in [-0.2, -0.15) is 5.10 Å². The maximum atomic E-state index is 4.44. The summed E-state index contributed by atoms with van der Waals surface area (Å²) in [6.45, 7) is 2.33. The minimum absolute atomic E-state index is 0.695. The summed E-state index contributed by atoms with van der Waals surface area (Å²) >= 11 is 1.83. The topological polar surface area (TPSA) is 54.2 Å². The third-order valence-corrected chi connectivity index (χ3v) is 4.98. The Balaban J connectivity index is 1.39. The first-order valence-electron chi connectivity index (χ1n) is 9.01. The van der Waals surface area contributed by atoms with Crippen molar-refractivity contribution in [3.63, 3.8) is 0 Å². The first-order chi connectivity index (χ1) is 13.3. The molecule has 1 heterocycles. The lowest BCUT2D eigenvalue weighted by molar-refractivity contribution is 0.685. The van der Waals surface area contributed by atoms with Crippen LogP contribution in [0.5, 0.6) is 0 Å². The van der Waals surface area contributed by atoms with Gasteiger partial charge in [-0.15, -0.1) is 11.8 Å². The molecule has 2 N–H and O–H groups in total. The lowest BCUT2D eigenvalue weighted by Gasteiger charge is -2.11. The lowest BCUT2D eigenvalue weighted by Crippen LogP contribution is -2.37. The first-order valence-corrected chi connectivity index (χ1v) is 9.99. The molecule has 0 aliphatic heterocycles. The molecule has 0 fully saturated rings. The van der Waals surface area contributed by atoms with E-state index in [1.54, 1.807) is 7.05 Å². The van der Waals surface area contributed by atoms with Gasteiger partial charge in [0.2, 0.25) is 0 Å². The molecule has 0 saturated heterocycles. The summed E-state index contributed by atoms with van der Waals surface area (Å²) in [5.74, 6) is 1.79. The highest BCUT2D eigenvalue weighted by atomic mass is 32.2. The van der Waals surface area contributed by atoms with Crippen LogP contribution in [-0.4, -0.2) is 35.1 Å².